The van der Waals surface area contributed by atoms with Crippen LogP contribution in [0.2, 0.25) is 0 Å². The Bertz CT molecular complexity index is 515. The highest BCUT2D eigenvalue weighted by Crippen LogP contribution is 2.38. The third-order valence-corrected chi connectivity index (χ3v) is 3.86. The normalized spacial score (nSPS) is 12.1. The van der Waals surface area contributed by atoms with Crippen LogP contribution in [-0.4, -0.2) is 71.7 Å². The summed E-state index contributed by atoms with van der Waals surface area (Å²) >= 11 is 0. The van der Waals surface area contributed by atoms with Crippen LogP contribution in [0.25, 0.3) is 0 Å². The molecule has 1 unspecified atom stereocenters. The highest BCUT2D eigenvalue weighted by Gasteiger charge is 2.25. The van der Waals surface area contributed by atoms with Crippen molar-refractivity contribution in [2.75, 3.05) is 54.7 Å². The summed E-state index contributed by atoms with van der Waals surface area (Å²) < 4.78 is 26.5. The van der Waals surface area contributed by atoms with Crippen molar-refractivity contribution in [1.29, 1.82) is 0 Å². The van der Waals surface area contributed by atoms with Gasteiger partial charge in [0, 0.05) is 27.3 Å². The molecule has 1 atom stereocenters. The van der Waals surface area contributed by atoms with Gasteiger partial charge in [0.05, 0.1) is 27.4 Å². The fraction of sp³-hybridized carbons (Fsp3) is 0.611. The van der Waals surface area contributed by atoms with Gasteiger partial charge in [-0.2, -0.15) is 0 Å². The van der Waals surface area contributed by atoms with E-state index in [2.05, 4.69) is 0 Å². The lowest BCUT2D eigenvalue weighted by atomic mass is 10.2. The number of hydrogen-bond acceptors (Lipinski definition) is 7. The van der Waals surface area contributed by atoms with Crippen molar-refractivity contribution in [3.63, 3.8) is 0 Å². The lowest BCUT2D eigenvalue weighted by molar-refractivity contribution is -0.140. The Morgan fingerprint density at radius 3 is 1.88 bits per heavy atom. The van der Waals surface area contributed by atoms with E-state index in [1.807, 2.05) is 11.8 Å². The van der Waals surface area contributed by atoms with E-state index in [-0.39, 0.29) is 5.75 Å². The van der Waals surface area contributed by atoms with Gasteiger partial charge < -0.3 is 23.7 Å². The highest BCUT2D eigenvalue weighted by molar-refractivity contribution is 5.79. The zero-order valence-corrected chi connectivity index (χ0v) is 16.0. The maximum atomic E-state index is 12.6. The molecule has 7 heteroatoms. The Morgan fingerprint density at radius 1 is 1.00 bits per heavy atom. The second kappa shape index (κ2) is 10.9. The van der Waals surface area contributed by atoms with Gasteiger partial charge in [0.2, 0.25) is 5.75 Å². The molecular formula is C18H29NO6. The summed E-state index contributed by atoms with van der Waals surface area (Å²) in [5.74, 6) is 0.800. The third-order valence-electron chi connectivity index (χ3n) is 3.86. The van der Waals surface area contributed by atoms with Gasteiger partial charge in [0.25, 0.3) is 0 Å². The van der Waals surface area contributed by atoms with Gasteiger partial charge in [-0.3, -0.25) is 4.90 Å². The zero-order chi connectivity index (χ0) is 18.8. The largest absolute Gasteiger partial charge is 0.493 e. The number of nitrogens with zero attached hydrogens (tertiary/aromatic N) is 1. The summed E-state index contributed by atoms with van der Waals surface area (Å²) in [5, 5.41) is 0. The van der Waals surface area contributed by atoms with Gasteiger partial charge in [-0.1, -0.05) is 0 Å². The molecule has 7 nitrogen and oxygen atoms in total. The number of rotatable bonds is 11. The summed E-state index contributed by atoms with van der Waals surface area (Å²) in [4.78, 5) is 14.6. The number of carbonyl (C=O) groups is 1. The molecule has 0 amide bonds. The molecule has 0 fully saturated rings. The highest BCUT2D eigenvalue weighted by atomic mass is 16.6. The SMILES string of the molecule is COCCN(CCOC)C(C)C(=O)Oc1c(OC)cc(C)cc1OC. The van der Waals surface area contributed by atoms with Crippen LogP contribution >= 0.6 is 0 Å². The molecule has 0 aliphatic heterocycles. The van der Waals surface area contributed by atoms with Crippen molar-refractivity contribution in [3.05, 3.63) is 17.7 Å². The standard InChI is InChI=1S/C18H29NO6/c1-13-11-15(23-5)17(16(12-13)24-6)25-18(20)14(2)19(7-9-21-3)8-10-22-4/h11-12,14H,7-10H2,1-6H3. The Balaban J connectivity index is 2.95. The lowest BCUT2D eigenvalue weighted by Crippen LogP contribution is -2.44. The van der Waals surface area contributed by atoms with Crippen LogP contribution in [0.3, 0.4) is 0 Å². The molecule has 0 saturated heterocycles. The lowest BCUT2D eigenvalue weighted by Gasteiger charge is -2.27. The molecule has 0 saturated carbocycles. The smallest absolute Gasteiger partial charge is 0.328 e. The van der Waals surface area contributed by atoms with Crippen molar-refractivity contribution in [3.8, 4) is 17.2 Å². The maximum absolute atomic E-state index is 12.6. The molecule has 0 radical (unpaired) electrons. The minimum Gasteiger partial charge on any atom is -0.493 e. The van der Waals surface area contributed by atoms with Crippen LogP contribution in [0.1, 0.15) is 12.5 Å². The molecule has 1 aromatic rings. The van der Waals surface area contributed by atoms with Gasteiger partial charge in [-0.25, -0.2) is 4.79 Å². The van der Waals surface area contributed by atoms with Gasteiger partial charge in [-0.05, 0) is 31.5 Å². The zero-order valence-electron chi connectivity index (χ0n) is 16.0. The molecule has 0 aliphatic rings. The number of benzene rings is 1. The molecule has 1 rings (SSSR count). The van der Waals surface area contributed by atoms with Gasteiger partial charge >= 0.3 is 5.97 Å². The first-order valence-electron chi connectivity index (χ1n) is 8.14. The second-order valence-electron chi connectivity index (χ2n) is 5.62. The summed E-state index contributed by atoms with van der Waals surface area (Å²) in [5.41, 5.74) is 0.948. The molecular weight excluding hydrogens is 326 g/mol. The monoisotopic (exact) mass is 355 g/mol. The Kier molecular flexibility index (Phi) is 9.26. The first-order chi connectivity index (χ1) is 12.0. The molecule has 142 valence electrons. The summed E-state index contributed by atoms with van der Waals surface area (Å²) in [7, 11) is 6.30. The predicted molar refractivity (Wildman–Crippen MR) is 94.7 cm³/mol. The Hall–Kier alpha value is -1.83. The predicted octanol–water partition coefficient (Wildman–Crippen LogP) is 1.90. The summed E-state index contributed by atoms with van der Waals surface area (Å²) in [6, 6.07) is 3.12. The van der Waals surface area contributed by atoms with E-state index < -0.39 is 12.0 Å². The van der Waals surface area contributed by atoms with Crippen molar-refractivity contribution < 1.29 is 28.5 Å². The minimum atomic E-state index is -0.471. The minimum absolute atomic E-state index is 0.283. The van der Waals surface area contributed by atoms with Crippen LogP contribution in [0.5, 0.6) is 17.2 Å². The van der Waals surface area contributed by atoms with E-state index in [9.17, 15) is 4.79 Å². The van der Waals surface area contributed by atoms with Crippen LogP contribution in [-0.2, 0) is 14.3 Å². The molecule has 0 aromatic heterocycles. The van der Waals surface area contributed by atoms with Crippen molar-refractivity contribution in [2.24, 2.45) is 0 Å². The van der Waals surface area contributed by atoms with E-state index in [0.717, 1.165) is 5.56 Å². The third kappa shape index (κ3) is 6.19. The van der Waals surface area contributed by atoms with E-state index in [0.29, 0.717) is 37.8 Å². The van der Waals surface area contributed by atoms with Crippen LogP contribution < -0.4 is 14.2 Å². The number of carbonyl (C=O) groups excluding carboxylic acids is 1. The quantitative estimate of drug-likeness (QED) is 0.444. The number of ether oxygens (including phenoxy) is 5. The molecule has 1 aromatic carbocycles. The maximum Gasteiger partial charge on any atom is 0.328 e. The first kappa shape index (κ1) is 21.2. The number of aryl methyl sites for hydroxylation is 1. The van der Waals surface area contributed by atoms with E-state index in [4.69, 9.17) is 23.7 Å². The van der Waals surface area contributed by atoms with E-state index in [1.165, 1.54) is 14.2 Å². The van der Waals surface area contributed by atoms with Gasteiger partial charge in [0.1, 0.15) is 6.04 Å². The Morgan fingerprint density at radius 2 is 1.48 bits per heavy atom. The van der Waals surface area contributed by atoms with Crippen LogP contribution in [0, 0.1) is 6.92 Å². The molecule has 0 heterocycles. The number of hydrogen-bond donors (Lipinski definition) is 0. The number of esters is 1. The van der Waals surface area contributed by atoms with Gasteiger partial charge in [-0.15, -0.1) is 0 Å². The van der Waals surface area contributed by atoms with E-state index in [1.54, 1.807) is 33.3 Å². The molecule has 0 bridgehead atoms. The molecule has 0 aliphatic carbocycles. The van der Waals surface area contributed by atoms with Crippen molar-refractivity contribution in [2.45, 2.75) is 19.9 Å². The van der Waals surface area contributed by atoms with E-state index >= 15 is 0 Å². The fourth-order valence-electron chi connectivity index (χ4n) is 2.36. The molecule has 0 N–H and O–H groups in total. The average Bonchev–Trinajstić information content (AvgIpc) is 2.62. The van der Waals surface area contributed by atoms with Crippen LogP contribution in [0.4, 0.5) is 0 Å². The fourth-order valence-corrected chi connectivity index (χ4v) is 2.36. The topological polar surface area (TPSA) is 66.5 Å². The molecule has 25 heavy (non-hydrogen) atoms. The summed E-state index contributed by atoms with van der Waals surface area (Å²) in [6.07, 6.45) is 0. The number of methoxy groups -OCH3 is 4. The first-order valence-corrected chi connectivity index (χ1v) is 8.14. The Labute approximate surface area is 149 Å². The van der Waals surface area contributed by atoms with Crippen molar-refractivity contribution in [1.82, 2.24) is 4.90 Å². The van der Waals surface area contributed by atoms with Crippen molar-refractivity contribution >= 4 is 5.97 Å². The average molecular weight is 355 g/mol. The van der Waals surface area contributed by atoms with Gasteiger partial charge in [0.15, 0.2) is 11.5 Å². The second-order valence-corrected chi connectivity index (χ2v) is 5.62. The van der Waals surface area contributed by atoms with Crippen LogP contribution in [0.15, 0.2) is 12.1 Å². The molecule has 0 spiro atoms. The summed E-state index contributed by atoms with van der Waals surface area (Å²) in [6.45, 7) is 5.92.